The fourth-order valence-electron chi connectivity index (χ4n) is 2.68. The second kappa shape index (κ2) is 5.64. The van der Waals surface area contributed by atoms with E-state index in [1.165, 1.54) is 0 Å². The summed E-state index contributed by atoms with van der Waals surface area (Å²) in [5.41, 5.74) is 3.02. The molecule has 1 N–H and O–H groups in total. The molecule has 0 unspecified atom stereocenters. The lowest BCUT2D eigenvalue weighted by atomic mass is 10.1. The first kappa shape index (κ1) is 14.3. The molecule has 3 rings (SSSR count). The van der Waals surface area contributed by atoms with Crippen LogP contribution < -0.4 is 10.2 Å². The largest absolute Gasteiger partial charge is 0.324 e. The molecule has 0 aliphatic carbocycles. The van der Waals surface area contributed by atoms with E-state index in [0.29, 0.717) is 17.8 Å². The number of nitrogens with zero attached hydrogens (tertiary/aromatic N) is 1. The number of rotatable bonds is 1. The van der Waals surface area contributed by atoms with Gasteiger partial charge in [-0.05, 0) is 30.7 Å². The Bertz CT molecular complexity index is 739. The molecule has 0 fully saturated rings. The van der Waals surface area contributed by atoms with Crippen LogP contribution in [0.2, 0.25) is 0 Å². The molecular formula is C18H18N2O2. The third kappa shape index (κ3) is 2.48. The van der Waals surface area contributed by atoms with Gasteiger partial charge in [0.2, 0.25) is 5.91 Å². The first-order valence-electron chi connectivity index (χ1n) is 7.35. The predicted molar refractivity (Wildman–Crippen MR) is 87.1 cm³/mol. The molecule has 0 spiro atoms. The lowest BCUT2D eigenvalue weighted by molar-refractivity contribution is -0.119. The Hall–Kier alpha value is -2.62. The van der Waals surface area contributed by atoms with E-state index in [9.17, 15) is 9.59 Å². The van der Waals surface area contributed by atoms with Crippen LogP contribution in [0.25, 0.3) is 0 Å². The number of hydrogen-bond donors (Lipinski definition) is 1. The molecule has 112 valence electrons. The van der Waals surface area contributed by atoms with Crippen LogP contribution in [0.1, 0.15) is 22.8 Å². The Morgan fingerprint density at radius 2 is 1.82 bits per heavy atom. The van der Waals surface area contributed by atoms with Crippen LogP contribution in [0.15, 0.2) is 48.5 Å². The molecule has 0 radical (unpaired) electrons. The van der Waals surface area contributed by atoms with E-state index in [4.69, 9.17) is 0 Å². The summed E-state index contributed by atoms with van der Waals surface area (Å²) in [5.74, 6) is -0.401. The van der Waals surface area contributed by atoms with Crippen LogP contribution in [0.5, 0.6) is 0 Å². The van der Waals surface area contributed by atoms with Crippen molar-refractivity contribution in [2.75, 3.05) is 16.8 Å². The van der Waals surface area contributed by atoms with Gasteiger partial charge in [0.25, 0.3) is 5.91 Å². The molecule has 4 nitrogen and oxygen atoms in total. The van der Waals surface area contributed by atoms with Crippen LogP contribution >= 0.6 is 0 Å². The first-order valence-corrected chi connectivity index (χ1v) is 7.35. The number of aryl methyl sites for hydroxylation is 1. The summed E-state index contributed by atoms with van der Waals surface area (Å²) in [6.07, 6.45) is 0. The van der Waals surface area contributed by atoms with Crippen LogP contribution in [-0.4, -0.2) is 18.4 Å². The van der Waals surface area contributed by atoms with Crippen molar-refractivity contribution in [2.45, 2.75) is 13.8 Å². The van der Waals surface area contributed by atoms with Gasteiger partial charge >= 0.3 is 0 Å². The van der Waals surface area contributed by atoms with Crippen LogP contribution in [0.3, 0.4) is 0 Å². The SMILES string of the molecule is Cc1ccccc1C(=O)N1C[C@H](C)C(=O)Nc2ccccc21. The molecule has 4 heteroatoms. The number of benzene rings is 2. The first-order chi connectivity index (χ1) is 10.6. The summed E-state index contributed by atoms with van der Waals surface area (Å²) in [7, 11) is 0. The lowest BCUT2D eigenvalue weighted by Crippen LogP contribution is -2.36. The summed E-state index contributed by atoms with van der Waals surface area (Å²) in [4.78, 5) is 26.8. The van der Waals surface area contributed by atoms with Crippen molar-refractivity contribution in [3.63, 3.8) is 0 Å². The average molecular weight is 294 g/mol. The van der Waals surface area contributed by atoms with E-state index in [1.54, 1.807) is 4.90 Å². The van der Waals surface area contributed by atoms with Gasteiger partial charge in [-0.15, -0.1) is 0 Å². The van der Waals surface area contributed by atoms with Crippen LogP contribution in [-0.2, 0) is 4.79 Å². The van der Waals surface area contributed by atoms with Crippen molar-refractivity contribution in [3.05, 3.63) is 59.7 Å². The van der Waals surface area contributed by atoms with Crippen LogP contribution in [0.4, 0.5) is 11.4 Å². The minimum Gasteiger partial charge on any atom is -0.324 e. The minimum atomic E-state index is -0.264. The fraction of sp³-hybridized carbons (Fsp3) is 0.222. The highest BCUT2D eigenvalue weighted by Gasteiger charge is 2.29. The second-order valence-electron chi connectivity index (χ2n) is 5.64. The van der Waals surface area contributed by atoms with Crippen molar-refractivity contribution in [3.8, 4) is 0 Å². The Kier molecular flexibility index (Phi) is 3.67. The Morgan fingerprint density at radius 3 is 2.59 bits per heavy atom. The summed E-state index contributed by atoms with van der Waals surface area (Å²) >= 11 is 0. The predicted octanol–water partition coefficient (Wildman–Crippen LogP) is 3.23. The molecular weight excluding hydrogens is 276 g/mol. The third-order valence-corrected chi connectivity index (χ3v) is 3.98. The van der Waals surface area contributed by atoms with E-state index in [1.807, 2.05) is 62.4 Å². The number of anilines is 2. The second-order valence-corrected chi connectivity index (χ2v) is 5.64. The van der Waals surface area contributed by atoms with Crippen molar-refractivity contribution in [1.82, 2.24) is 0 Å². The number of nitrogens with one attached hydrogen (secondary N) is 1. The summed E-state index contributed by atoms with van der Waals surface area (Å²) in [5, 5.41) is 2.89. The number of amides is 2. The Balaban J connectivity index is 2.07. The van der Waals surface area contributed by atoms with Crippen molar-refractivity contribution in [2.24, 2.45) is 5.92 Å². The fourth-order valence-corrected chi connectivity index (χ4v) is 2.68. The maximum atomic E-state index is 13.0. The molecule has 1 aliphatic heterocycles. The highest BCUT2D eigenvalue weighted by Crippen LogP contribution is 2.31. The number of hydrogen-bond acceptors (Lipinski definition) is 2. The average Bonchev–Trinajstić information content (AvgIpc) is 2.64. The standard InChI is InChI=1S/C18H18N2O2/c1-12-7-3-4-8-14(12)18(22)20-11-13(2)17(21)19-15-9-5-6-10-16(15)20/h3-10,13H,11H2,1-2H3,(H,19,21)/t13-/m0/s1. The molecule has 2 aromatic rings. The van der Waals surface area contributed by atoms with Crippen molar-refractivity contribution >= 4 is 23.2 Å². The van der Waals surface area contributed by atoms with Gasteiger partial charge in [0.1, 0.15) is 0 Å². The maximum absolute atomic E-state index is 13.0. The lowest BCUT2D eigenvalue weighted by Gasteiger charge is -2.24. The zero-order valence-electron chi connectivity index (χ0n) is 12.7. The molecule has 0 aromatic heterocycles. The molecule has 0 bridgehead atoms. The summed E-state index contributed by atoms with van der Waals surface area (Å²) < 4.78 is 0. The molecule has 2 aromatic carbocycles. The van der Waals surface area contributed by atoms with Gasteiger partial charge in [-0.3, -0.25) is 9.59 Å². The number of para-hydroxylation sites is 2. The Labute approximate surface area is 129 Å². The molecule has 1 atom stereocenters. The maximum Gasteiger partial charge on any atom is 0.258 e. The zero-order chi connectivity index (χ0) is 15.7. The quantitative estimate of drug-likeness (QED) is 0.878. The topological polar surface area (TPSA) is 49.4 Å². The Morgan fingerprint density at radius 1 is 1.14 bits per heavy atom. The smallest absolute Gasteiger partial charge is 0.258 e. The normalized spacial score (nSPS) is 17.5. The number of carbonyl (C=O) groups is 2. The van der Waals surface area contributed by atoms with E-state index in [0.717, 1.165) is 11.3 Å². The molecule has 2 amide bonds. The van der Waals surface area contributed by atoms with Gasteiger partial charge in [-0.2, -0.15) is 0 Å². The van der Waals surface area contributed by atoms with Crippen molar-refractivity contribution in [1.29, 1.82) is 0 Å². The summed E-state index contributed by atoms with van der Waals surface area (Å²) in [6.45, 7) is 4.12. The minimum absolute atomic E-state index is 0.0625. The molecule has 0 saturated heterocycles. The van der Waals surface area contributed by atoms with E-state index >= 15 is 0 Å². The highest BCUT2D eigenvalue weighted by molar-refractivity contribution is 6.11. The molecule has 22 heavy (non-hydrogen) atoms. The van der Waals surface area contributed by atoms with Gasteiger partial charge in [-0.25, -0.2) is 0 Å². The van der Waals surface area contributed by atoms with Gasteiger partial charge in [0, 0.05) is 12.1 Å². The molecule has 1 aliphatic rings. The van der Waals surface area contributed by atoms with E-state index < -0.39 is 0 Å². The van der Waals surface area contributed by atoms with E-state index in [2.05, 4.69) is 5.32 Å². The van der Waals surface area contributed by atoms with Crippen molar-refractivity contribution < 1.29 is 9.59 Å². The summed E-state index contributed by atoms with van der Waals surface area (Å²) in [6, 6.07) is 14.9. The molecule has 1 heterocycles. The molecule has 0 saturated carbocycles. The van der Waals surface area contributed by atoms with Gasteiger partial charge in [-0.1, -0.05) is 37.3 Å². The van der Waals surface area contributed by atoms with E-state index in [-0.39, 0.29) is 17.7 Å². The number of carbonyl (C=O) groups excluding carboxylic acids is 2. The third-order valence-electron chi connectivity index (χ3n) is 3.98. The number of fused-ring (bicyclic) bond motifs is 1. The van der Waals surface area contributed by atoms with Gasteiger partial charge in [0.05, 0.1) is 17.3 Å². The highest BCUT2D eigenvalue weighted by atomic mass is 16.2. The van der Waals surface area contributed by atoms with Gasteiger partial charge < -0.3 is 10.2 Å². The monoisotopic (exact) mass is 294 g/mol. The zero-order valence-corrected chi connectivity index (χ0v) is 12.7. The van der Waals surface area contributed by atoms with Crippen LogP contribution in [0, 0.1) is 12.8 Å². The van der Waals surface area contributed by atoms with Gasteiger partial charge in [0.15, 0.2) is 0 Å².